The molecule has 0 saturated heterocycles. The Bertz CT molecular complexity index is 905. The minimum Gasteiger partial charge on any atom is -0.324 e. The number of para-hydroxylation sites is 2. The molecule has 130 valence electrons. The first-order chi connectivity index (χ1) is 11.9. The number of fused-ring (bicyclic) bond motifs is 1. The maximum absolute atomic E-state index is 12.1. The quantitative estimate of drug-likeness (QED) is 0.677. The monoisotopic (exact) mass is 357 g/mol. The Labute approximate surface area is 150 Å². The van der Waals surface area contributed by atoms with E-state index >= 15 is 0 Å². The Morgan fingerprint density at radius 1 is 1.40 bits per heavy atom. The van der Waals surface area contributed by atoms with E-state index in [1.54, 1.807) is 10.8 Å². The van der Waals surface area contributed by atoms with Crippen LogP contribution in [0.1, 0.15) is 25.1 Å². The van der Waals surface area contributed by atoms with E-state index in [1.165, 1.54) is 6.08 Å². The molecule has 3 rings (SSSR count). The third kappa shape index (κ3) is 3.91. The average molecular weight is 358 g/mol. The molecular weight excluding hydrogens is 338 g/mol. The zero-order valence-electron chi connectivity index (χ0n) is 14.4. The van der Waals surface area contributed by atoms with Crippen molar-refractivity contribution in [1.82, 2.24) is 19.7 Å². The second kappa shape index (κ2) is 7.11. The molecule has 0 spiro atoms. The number of nitrogens with one attached hydrogen (secondary N) is 2. The lowest BCUT2D eigenvalue weighted by Crippen LogP contribution is -2.09. The van der Waals surface area contributed by atoms with Crippen molar-refractivity contribution in [1.29, 1.82) is 0 Å². The Morgan fingerprint density at radius 2 is 2.16 bits per heavy atom. The van der Waals surface area contributed by atoms with Crippen molar-refractivity contribution in [3.8, 4) is 0 Å². The highest BCUT2D eigenvalue weighted by Crippen LogP contribution is 2.22. The van der Waals surface area contributed by atoms with Crippen LogP contribution in [-0.2, 0) is 11.3 Å². The van der Waals surface area contributed by atoms with Crippen molar-refractivity contribution >= 4 is 40.6 Å². The molecule has 0 aliphatic heterocycles. The molecule has 0 radical (unpaired) electrons. The van der Waals surface area contributed by atoms with Crippen LogP contribution in [-0.4, -0.2) is 25.7 Å². The number of aryl methyl sites for hydroxylation is 1. The third-order valence-electron chi connectivity index (χ3n) is 3.68. The van der Waals surface area contributed by atoms with Gasteiger partial charge in [-0.05, 0) is 31.1 Å². The largest absolute Gasteiger partial charge is 0.324 e. The smallest absolute Gasteiger partial charge is 0.250 e. The SMILES string of the molecule is Cc1nn(CC(C)C)c(Cl)c1C=CC(=O)Nc1nc2ccccc2[nH]1. The van der Waals surface area contributed by atoms with E-state index in [0.29, 0.717) is 17.0 Å². The van der Waals surface area contributed by atoms with Gasteiger partial charge in [0.2, 0.25) is 5.95 Å². The van der Waals surface area contributed by atoms with Crippen molar-refractivity contribution in [3.63, 3.8) is 0 Å². The fraction of sp³-hybridized carbons (Fsp3) is 0.278. The minimum atomic E-state index is -0.286. The first-order valence-corrected chi connectivity index (χ1v) is 8.48. The average Bonchev–Trinajstić information content (AvgIpc) is 3.06. The number of halogens is 1. The van der Waals surface area contributed by atoms with Gasteiger partial charge in [0.1, 0.15) is 5.15 Å². The number of hydrogen-bond acceptors (Lipinski definition) is 3. The lowest BCUT2D eigenvalue weighted by Gasteiger charge is -2.05. The van der Waals surface area contributed by atoms with E-state index < -0.39 is 0 Å². The first kappa shape index (κ1) is 17.2. The summed E-state index contributed by atoms with van der Waals surface area (Å²) in [7, 11) is 0. The summed E-state index contributed by atoms with van der Waals surface area (Å²) < 4.78 is 1.76. The topological polar surface area (TPSA) is 75.6 Å². The molecule has 0 aliphatic carbocycles. The third-order valence-corrected chi connectivity index (χ3v) is 4.08. The van der Waals surface area contributed by atoms with Crippen LogP contribution in [0, 0.1) is 12.8 Å². The van der Waals surface area contributed by atoms with Gasteiger partial charge >= 0.3 is 0 Å². The minimum absolute atomic E-state index is 0.286. The highest BCUT2D eigenvalue weighted by molar-refractivity contribution is 6.31. The lowest BCUT2D eigenvalue weighted by molar-refractivity contribution is -0.111. The lowest BCUT2D eigenvalue weighted by atomic mass is 10.2. The molecule has 0 bridgehead atoms. The molecule has 2 aromatic heterocycles. The molecule has 0 fully saturated rings. The van der Waals surface area contributed by atoms with Gasteiger partial charge in [-0.1, -0.05) is 37.6 Å². The van der Waals surface area contributed by atoms with Gasteiger partial charge in [-0.3, -0.25) is 14.8 Å². The summed E-state index contributed by atoms with van der Waals surface area (Å²) in [4.78, 5) is 19.5. The number of benzene rings is 1. The number of amides is 1. The number of hydrogen-bond donors (Lipinski definition) is 2. The number of rotatable bonds is 5. The Hall–Kier alpha value is -2.60. The fourth-order valence-corrected chi connectivity index (χ4v) is 2.86. The van der Waals surface area contributed by atoms with Crippen LogP contribution in [0.5, 0.6) is 0 Å². The molecule has 0 atom stereocenters. The Kier molecular flexibility index (Phi) is 4.90. The molecule has 3 aromatic rings. The number of anilines is 1. The molecule has 7 heteroatoms. The molecule has 2 N–H and O–H groups in total. The van der Waals surface area contributed by atoms with Gasteiger partial charge in [0.25, 0.3) is 5.91 Å². The van der Waals surface area contributed by atoms with Crippen LogP contribution in [0.3, 0.4) is 0 Å². The Balaban J connectivity index is 1.73. The Morgan fingerprint density at radius 3 is 2.88 bits per heavy atom. The van der Waals surface area contributed by atoms with E-state index in [1.807, 2.05) is 31.2 Å². The molecule has 0 aliphatic rings. The normalized spacial score (nSPS) is 11.7. The molecule has 25 heavy (non-hydrogen) atoms. The van der Waals surface area contributed by atoms with Gasteiger partial charge in [-0.2, -0.15) is 5.10 Å². The van der Waals surface area contributed by atoms with Gasteiger partial charge in [0, 0.05) is 18.2 Å². The van der Waals surface area contributed by atoms with E-state index in [9.17, 15) is 4.79 Å². The van der Waals surface area contributed by atoms with Crippen LogP contribution in [0.25, 0.3) is 17.1 Å². The molecule has 2 heterocycles. The standard InChI is InChI=1S/C18H20ClN5O/c1-11(2)10-24-17(19)13(12(3)23-24)8-9-16(25)22-18-20-14-6-4-5-7-15(14)21-18/h4-9,11H,10H2,1-3H3,(H2,20,21,22,25). The maximum atomic E-state index is 12.1. The number of H-pyrrole nitrogens is 1. The van der Waals surface area contributed by atoms with E-state index in [0.717, 1.165) is 28.8 Å². The zero-order valence-corrected chi connectivity index (χ0v) is 15.1. The van der Waals surface area contributed by atoms with Crippen molar-refractivity contribution in [2.24, 2.45) is 5.92 Å². The van der Waals surface area contributed by atoms with E-state index in [-0.39, 0.29) is 5.91 Å². The number of carbonyl (C=O) groups is 1. The van der Waals surface area contributed by atoms with Crippen LogP contribution < -0.4 is 5.32 Å². The van der Waals surface area contributed by atoms with E-state index in [2.05, 4.69) is 34.2 Å². The van der Waals surface area contributed by atoms with Gasteiger partial charge in [-0.25, -0.2) is 4.98 Å². The molecule has 1 amide bonds. The number of aromatic nitrogens is 4. The number of nitrogens with zero attached hydrogens (tertiary/aromatic N) is 3. The van der Waals surface area contributed by atoms with E-state index in [4.69, 9.17) is 11.6 Å². The molecule has 0 saturated carbocycles. The predicted molar refractivity (Wildman–Crippen MR) is 101 cm³/mol. The number of carbonyl (C=O) groups excluding carboxylic acids is 1. The summed E-state index contributed by atoms with van der Waals surface area (Å²) in [5.41, 5.74) is 3.21. The van der Waals surface area contributed by atoms with Gasteiger partial charge in [0.05, 0.1) is 16.7 Å². The maximum Gasteiger partial charge on any atom is 0.250 e. The second-order valence-electron chi connectivity index (χ2n) is 6.29. The first-order valence-electron chi connectivity index (χ1n) is 8.10. The predicted octanol–water partition coefficient (Wildman–Crippen LogP) is 4.03. The van der Waals surface area contributed by atoms with Crippen LogP contribution in [0.4, 0.5) is 5.95 Å². The van der Waals surface area contributed by atoms with Crippen molar-refractivity contribution < 1.29 is 4.79 Å². The van der Waals surface area contributed by atoms with Crippen molar-refractivity contribution in [2.45, 2.75) is 27.3 Å². The highest BCUT2D eigenvalue weighted by atomic mass is 35.5. The van der Waals surface area contributed by atoms with Gasteiger partial charge in [-0.15, -0.1) is 0 Å². The van der Waals surface area contributed by atoms with Gasteiger partial charge in [0.15, 0.2) is 0 Å². The second-order valence-corrected chi connectivity index (χ2v) is 6.65. The number of aromatic amines is 1. The molecular formula is C18H20ClN5O. The van der Waals surface area contributed by atoms with Gasteiger partial charge < -0.3 is 4.98 Å². The summed E-state index contributed by atoms with van der Waals surface area (Å²) in [6, 6.07) is 7.59. The zero-order chi connectivity index (χ0) is 18.0. The fourth-order valence-electron chi connectivity index (χ4n) is 2.55. The molecule has 0 unspecified atom stereocenters. The van der Waals surface area contributed by atoms with Crippen LogP contribution in [0.2, 0.25) is 5.15 Å². The molecule has 1 aromatic carbocycles. The van der Waals surface area contributed by atoms with Crippen LogP contribution >= 0.6 is 11.6 Å². The number of imidazole rings is 1. The summed E-state index contributed by atoms with van der Waals surface area (Å²) in [6.07, 6.45) is 3.11. The molecule has 6 nitrogen and oxygen atoms in total. The van der Waals surface area contributed by atoms with Crippen molar-refractivity contribution in [3.05, 3.63) is 46.8 Å². The summed E-state index contributed by atoms with van der Waals surface area (Å²) in [5, 5.41) is 7.68. The summed E-state index contributed by atoms with van der Waals surface area (Å²) in [6.45, 7) is 6.81. The van der Waals surface area contributed by atoms with Crippen LogP contribution in [0.15, 0.2) is 30.3 Å². The van der Waals surface area contributed by atoms with Crippen molar-refractivity contribution in [2.75, 3.05) is 5.32 Å². The summed E-state index contributed by atoms with van der Waals surface area (Å²) >= 11 is 6.37. The summed E-state index contributed by atoms with van der Waals surface area (Å²) in [5.74, 6) is 0.560. The highest BCUT2D eigenvalue weighted by Gasteiger charge is 2.12.